The number of rotatable bonds is 11. The number of anilines is 4. The molecule has 1 aromatic heterocycles. The summed E-state index contributed by atoms with van der Waals surface area (Å²) in [5.41, 5.74) is 11.1. The van der Waals surface area contributed by atoms with Crippen LogP contribution in [0.25, 0.3) is 0 Å². The smallest absolute Gasteiger partial charge is 0.237 e. The van der Waals surface area contributed by atoms with Crippen molar-refractivity contribution in [3.05, 3.63) is 65.2 Å². The van der Waals surface area contributed by atoms with Crippen LogP contribution in [0.1, 0.15) is 32.3 Å². The van der Waals surface area contributed by atoms with Crippen LogP contribution in [-0.2, 0) is 16.1 Å². The molecule has 230 valence electrons. The largest absolute Gasteiger partial charge is 0.450 e. The minimum atomic E-state index is -0.731. The first-order chi connectivity index (χ1) is 21.2. The molecule has 0 radical (unpaired) electrons. The van der Waals surface area contributed by atoms with E-state index >= 15 is 0 Å². The number of carbonyl (C=O) groups is 2. The second kappa shape index (κ2) is 11.7. The fourth-order valence-electron chi connectivity index (χ4n) is 6.29. The van der Waals surface area contributed by atoms with Crippen LogP contribution in [0.3, 0.4) is 0 Å². The number of benzene rings is 2. The van der Waals surface area contributed by atoms with Gasteiger partial charge < -0.3 is 15.4 Å². The van der Waals surface area contributed by atoms with Crippen molar-refractivity contribution >= 4 is 34.7 Å². The Hall–Kier alpha value is -4.85. The number of carbonyl (C=O) groups excluding carboxylic acids is 2. The summed E-state index contributed by atoms with van der Waals surface area (Å²) in [6, 6.07) is 9.94. The maximum absolute atomic E-state index is 14.4. The summed E-state index contributed by atoms with van der Waals surface area (Å²) in [6.07, 6.45) is 5.03. The van der Waals surface area contributed by atoms with Crippen LogP contribution in [0, 0.1) is 22.1 Å². The Morgan fingerprint density at radius 2 is 1.95 bits per heavy atom. The zero-order valence-electron chi connectivity index (χ0n) is 24.6. The van der Waals surface area contributed by atoms with Gasteiger partial charge in [0.15, 0.2) is 17.3 Å². The molecular formula is C30H34FN9O4. The highest BCUT2D eigenvalue weighted by Crippen LogP contribution is 2.47. The lowest BCUT2D eigenvalue weighted by atomic mass is 9.86. The van der Waals surface area contributed by atoms with E-state index in [0.717, 1.165) is 67.9 Å². The van der Waals surface area contributed by atoms with Crippen LogP contribution < -0.4 is 30.8 Å². The number of likely N-dealkylation sites (tertiary alicyclic amines) is 1. The van der Waals surface area contributed by atoms with Crippen LogP contribution >= 0.6 is 0 Å². The Morgan fingerprint density at radius 1 is 1.14 bits per heavy atom. The molecule has 3 N–H and O–H groups in total. The lowest BCUT2D eigenvalue weighted by molar-refractivity contribution is -0.124. The molecule has 0 saturated carbocycles. The second-order valence-corrected chi connectivity index (χ2v) is 12.0. The Kier molecular flexibility index (Phi) is 7.76. The van der Waals surface area contributed by atoms with Crippen LogP contribution in [0.4, 0.5) is 27.3 Å². The second-order valence-electron chi connectivity index (χ2n) is 12.0. The zero-order chi connectivity index (χ0) is 31.0. The standard InChI is InChI=1S/C30H34FN9O4/c1-19(2)29(42)39(15-27(32)41)24-12-21(31)4-6-25(24)44-26-13-33-18-34-28(26)38-10-8-30(17-38)7-9-37(16-30)14-20-3-5-22-23(11-20)40(22)35-36-43/h3-6,11-13,18-19H,7-10,14-17H2,1-2H3,(H2,32,41)(H,35,43). The monoisotopic (exact) mass is 603 g/mol. The van der Waals surface area contributed by atoms with Crippen molar-refractivity contribution in [3.8, 4) is 11.5 Å². The summed E-state index contributed by atoms with van der Waals surface area (Å²) < 4.78 is 20.7. The molecule has 4 heterocycles. The van der Waals surface area contributed by atoms with Gasteiger partial charge in [-0.1, -0.05) is 19.9 Å². The average Bonchev–Trinajstić information content (AvgIpc) is 3.30. The van der Waals surface area contributed by atoms with Gasteiger partial charge in [0.25, 0.3) is 0 Å². The molecule has 0 aliphatic carbocycles. The topological polar surface area (TPSA) is 149 Å². The van der Waals surface area contributed by atoms with Crippen molar-refractivity contribution in [3.63, 3.8) is 0 Å². The number of hydrogen-bond acceptors (Lipinski definition) is 10. The van der Waals surface area contributed by atoms with Crippen molar-refractivity contribution in [2.45, 2.75) is 33.2 Å². The van der Waals surface area contributed by atoms with Gasteiger partial charge in [-0.2, -0.15) is 5.53 Å². The number of nitroso groups, excluding NO2 is 1. The molecule has 13 nitrogen and oxygen atoms in total. The average molecular weight is 604 g/mol. The van der Waals surface area contributed by atoms with Crippen molar-refractivity contribution in [2.24, 2.45) is 22.4 Å². The molecule has 44 heavy (non-hydrogen) atoms. The number of hydrogen-bond donors (Lipinski definition) is 2. The molecule has 3 aromatic rings. The molecule has 3 aliphatic rings. The highest BCUT2D eigenvalue weighted by molar-refractivity contribution is 6.00. The summed E-state index contributed by atoms with van der Waals surface area (Å²) >= 11 is 0. The fourth-order valence-corrected chi connectivity index (χ4v) is 6.29. The molecule has 1 atom stereocenters. The first kappa shape index (κ1) is 29.2. The number of hydrazine groups is 1. The number of nitrogens with two attached hydrogens (primary N) is 1. The normalized spacial score (nSPS) is 18.9. The summed E-state index contributed by atoms with van der Waals surface area (Å²) in [7, 11) is 0. The van der Waals surface area contributed by atoms with Crippen LogP contribution in [0.15, 0.2) is 54.2 Å². The van der Waals surface area contributed by atoms with E-state index < -0.39 is 30.1 Å². The van der Waals surface area contributed by atoms with Crippen molar-refractivity contribution in [2.75, 3.05) is 47.5 Å². The summed E-state index contributed by atoms with van der Waals surface area (Å²) in [5, 5.41) is 4.40. The zero-order valence-corrected chi connectivity index (χ0v) is 24.6. The third kappa shape index (κ3) is 5.84. The van der Waals surface area contributed by atoms with Crippen LogP contribution in [0.2, 0.25) is 0 Å². The molecular weight excluding hydrogens is 569 g/mol. The number of primary amides is 1. The Balaban J connectivity index is 1.17. The molecule has 2 saturated heterocycles. The van der Waals surface area contributed by atoms with Crippen molar-refractivity contribution in [1.82, 2.24) is 20.4 Å². The van der Waals surface area contributed by atoms with E-state index in [1.807, 2.05) is 6.07 Å². The van der Waals surface area contributed by atoms with Gasteiger partial charge in [-0.3, -0.25) is 19.4 Å². The quantitative estimate of drug-likeness (QED) is 0.189. The number of ether oxygens (including phenoxy) is 1. The molecule has 3 aliphatic heterocycles. The molecule has 1 spiro atoms. The molecule has 1 unspecified atom stereocenters. The molecule has 0 bridgehead atoms. The van der Waals surface area contributed by atoms with Gasteiger partial charge in [-0.15, -0.1) is 4.91 Å². The molecule has 6 rings (SSSR count). The number of fused-ring (bicyclic) bond motifs is 1. The lowest BCUT2D eigenvalue weighted by Crippen LogP contribution is -2.41. The van der Waals surface area contributed by atoms with E-state index in [4.69, 9.17) is 10.5 Å². The van der Waals surface area contributed by atoms with E-state index in [2.05, 4.69) is 42.7 Å². The van der Waals surface area contributed by atoms with Crippen molar-refractivity contribution in [1.29, 1.82) is 0 Å². The van der Waals surface area contributed by atoms with Gasteiger partial charge in [0.1, 0.15) is 18.7 Å². The Bertz CT molecular complexity index is 1600. The summed E-state index contributed by atoms with van der Waals surface area (Å²) in [5.74, 6) is -1.04. The highest BCUT2D eigenvalue weighted by atomic mass is 19.1. The van der Waals surface area contributed by atoms with Gasteiger partial charge in [0.2, 0.25) is 11.8 Å². The van der Waals surface area contributed by atoms with E-state index in [0.29, 0.717) is 11.6 Å². The van der Waals surface area contributed by atoms with Gasteiger partial charge in [-0.05, 0) is 49.2 Å². The van der Waals surface area contributed by atoms with Crippen LogP contribution in [0.5, 0.6) is 11.5 Å². The third-order valence-corrected chi connectivity index (χ3v) is 8.44. The predicted molar refractivity (Wildman–Crippen MR) is 162 cm³/mol. The third-order valence-electron chi connectivity index (χ3n) is 8.44. The minimum absolute atomic E-state index is 0.0865. The molecule has 14 heteroatoms. The summed E-state index contributed by atoms with van der Waals surface area (Å²) in [4.78, 5) is 49.9. The lowest BCUT2D eigenvalue weighted by Gasteiger charge is -2.27. The number of nitrogens with zero attached hydrogens (tertiary/aromatic N) is 7. The minimum Gasteiger partial charge on any atom is -0.450 e. The highest BCUT2D eigenvalue weighted by Gasteiger charge is 2.44. The van der Waals surface area contributed by atoms with E-state index in [1.165, 1.54) is 24.0 Å². The molecule has 2 fully saturated rings. The van der Waals surface area contributed by atoms with E-state index in [-0.39, 0.29) is 16.9 Å². The predicted octanol–water partition coefficient (Wildman–Crippen LogP) is 3.62. The SMILES string of the molecule is CC(C)C(=O)N(CC(N)=O)c1cc(F)ccc1Oc1cncnc1N1CCC2(CCN(Cc3ccc4c(c3)N4NN=O)C2)C1. The summed E-state index contributed by atoms with van der Waals surface area (Å²) in [6.45, 7) is 7.22. The number of nitrogens with one attached hydrogen (secondary N) is 1. The van der Waals surface area contributed by atoms with Gasteiger partial charge in [0, 0.05) is 43.6 Å². The van der Waals surface area contributed by atoms with Crippen molar-refractivity contribution < 1.29 is 18.7 Å². The maximum atomic E-state index is 14.4. The first-order valence-corrected chi connectivity index (χ1v) is 14.5. The molecule has 2 amide bonds. The number of halogens is 1. The fraction of sp³-hybridized carbons (Fsp3) is 0.400. The maximum Gasteiger partial charge on any atom is 0.237 e. The van der Waals surface area contributed by atoms with Gasteiger partial charge in [-0.25, -0.2) is 19.4 Å². The Morgan fingerprint density at radius 3 is 2.73 bits per heavy atom. The van der Waals surface area contributed by atoms with E-state index in [9.17, 15) is 18.9 Å². The first-order valence-electron chi connectivity index (χ1n) is 14.5. The number of amides is 2. The Labute approximate surface area is 253 Å². The number of aromatic nitrogens is 2. The molecule has 2 aromatic carbocycles. The van der Waals surface area contributed by atoms with Gasteiger partial charge >= 0.3 is 0 Å². The van der Waals surface area contributed by atoms with Crippen LogP contribution in [-0.4, -0.2) is 59.4 Å². The van der Waals surface area contributed by atoms with E-state index in [1.54, 1.807) is 25.1 Å². The van der Waals surface area contributed by atoms with Gasteiger partial charge in [0.05, 0.1) is 28.5 Å².